The molecule has 0 aromatic heterocycles. The first kappa shape index (κ1) is 38.6. The van der Waals surface area contributed by atoms with Crippen LogP contribution >= 0.6 is 11.6 Å². The fourth-order valence-corrected chi connectivity index (χ4v) is 5.89. The van der Waals surface area contributed by atoms with Gasteiger partial charge in [-0.05, 0) is 73.9 Å². The lowest BCUT2D eigenvalue weighted by molar-refractivity contribution is -0.268. The molecule has 8 heteroatoms. The summed E-state index contributed by atoms with van der Waals surface area (Å²) in [6.45, 7) is 14.3. The van der Waals surface area contributed by atoms with Gasteiger partial charge < -0.3 is 33.2 Å². The van der Waals surface area contributed by atoms with Gasteiger partial charge in [0.25, 0.3) is 0 Å². The molecule has 0 saturated carbocycles. The molecule has 1 fully saturated rings. The Bertz CT molecular complexity index is 1100. The van der Waals surface area contributed by atoms with Crippen LogP contribution in [0, 0.1) is 0 Å². The second kappa shape index (κ2) is 21.9. The Balaban J connectivity index is 2.05. The summed E-state index contributed by atoms with van der Waals surface area (Å²) >= 11 is 6.94. The minimum atomic E-state index is -0.431. The molecule has 0 unspecified atom stereocenters. The van der Waals surface area contributed by atoms with E-state index in [9.17, 15) is 0 Å². The molecular weight excluding hydrogens is 604 g/mol. The van der Waals surface area contributed by atoms with Crippen LogP contribution in [0.4, 0.5) is 0 Å². The van der Waals surface area contributed by atoms with Crippen molar-refractivity contribution in [3.8, 4) is 11.5 Å². The van der Waals surface area contributed by atoms with Gasteiger partial charge >= 0.3 is 0 Å². The number of methoxy groups -OCH3 is 1. The summed E-state index contributed by atoms with van der Waals surface area (Å²) < 4.78 is 44.6. The largest absolute Gasteiger partial charge is 0.495 e. The van der Waals surface area contributed by atoms with E-state index in [1.54, 1.807) is 7.11 Å². The highest BCUT2D eigenvalue weighted by Crippen LogP contribution is 2.41. The van der Waals surface area contributed by atoms with Crippen LogP contribution in [-0.2, 0) is 30.1 Å². The first-order chi connectivity index (χ1) is 22.5. The minimum Gasteiger partial charge on any atom is -0.495 e. The van der Waals surface area contributed by atoms with Gasteiger partial charge in [-0.15, -0.1) is 0 Å². The van der Waals surface area contributed by atoms with E-state index in [0.29, 0.717) is 56.8 Å². The van der Waals surface area contributed by atoms with Gasteiger partial charge in [-0.3, -0.25) is 0 Å². The molecule has 1 aliphatic rings. The lowest BCUT2D eigenvalue weighted by atomic mass is 9.89. The van der Waals surface area contributed by atoms with Crippen molar-refractivity contribution in [3.63, 3.8) is 0 Å². The van der Waals surface area contributed by atoms with Crippen molar-refractivity contribution in [3.05, 3.63) is 58.1 Å². The van der Waals surface area contributed by atoms with Crippen LogP contribution in [0.5, 0.6) is 11.5 Å². The van der Waals surface area contributed by atoms with E-state index in [2.05, 4.69) is 45.9 Å². The Morgan fingerprint density at radius 3 is 1.89 bits per heavy atom. The molecule has 0 N–H and O–H groups in total. The highest BCUT2D eigenvalue weighted by atomic mass is 35.5. The number of hydrogen-bond acceptors (Lipinski definition) is 7. The van der Waals surface area contributed by atoms with Gasteiger partial charge in [0, 0.05) is 26.4 Å². The number of halogens is 1. The molecule has 46 heavy (non-hydrogen) atoms. The van der Waals surface area contributed by atoms with E-state index in [4.69, 9.17) is 44.8 Å². The van der Waals surface area contributed by atoms with Crippen LogP contribution in [0.3, 0.4) is 0 Å². The molecule has 5 atom stereocenters. The molecule has 1 heterocycles. The molecule has 0 spiro atoms. The Morgan fingerprint density at radius 1 is 0.717 bits per heavy atom. The second-order valence-electron chi connectivity index (χ2n) is 12.0. The third-order valence-corrected chi connectivity index (χ3v) is 8.73. The number of ether oxygens (including phenoxy) is 7. The topological polar surface area (TPSA) is 64.6 Å². The van der Waals surface area contributed by atoms with Gasteiger partial charge in [0.15, 0.2) is 0 Å². The van der Waals surface area contributed by atoms with Crippen molar-refractivity contribution in [2.45, 2.75) is 123 Å². The summed E-state index contributed by atoms with van der Waals surface area (Å²) in [5, 5.41) is 0.593. The Labute approximate surface area is 283 Å². The van der Waals surface area contributed by atoms with Crippen molar-refractivity contribution < 1.29 is 33.2 Å². The Hall–Kier alpha value is -1.87. The predicted molar refractivity (Wildman–Crippen MR) is 186 cm³/mol. The number of hydrogen-bond donors (Lipinski definition) is 0. The molecule has 0 bridgehead atoms. The maximum atomic E-state index is 6.99. The zero-order valence-corrected chi connectivity index (χ0v) is 29.9. The second-order valence-corrected chi connectivity index (χ2v) is 12.4. The van der Waals surface area contributed by atoms with E-state index in [0.717, 1.165) is 73.8 Å². The predicted octanol–water partition coefficient (Wildman–Crippen LogP) is 9.15. The smallest absolute Gasteiger partial charge is 0.138 e. The lowest BCUT2D eigenvalue weighted by Crippen LogP contribution is -2.58. The molecule has 2 aromatic rings. The first-order valence-electron chi connectivity index (χ1n) is 17.7. The molecular formula is C38H59ClO7. The van der Waals surface area contributed by atoms with Gasteiger partial charge in [0.1, 0.15) is 42.0 Å². The van der Waals surface area contributed by atoms with Crippen LogP contribution in [0.15, 0.2) is 36.4 Å². The summed E-state index contributed by atoms with van der Waals surface area (Å²) in [6, 6.07) is 12.3. The highest BCUT2D eigenvalue weighted by molar-refractivity contribution is 6.32. The van der Waals surface area contributed by atoms with E-state index in [1.165, 1.54) is 0 Å². The standard InChI is InChI=1S/C38H59ClO7/c1-7-12-20-41-27-33-36(43-21-13-8-2)38(45-23-15-10-4)37(44-22-14-9-3)35(46-33)30-25-29(34(39)32(26-30)40-6)24-28-16-18-31(19-17-28)42-11-5/h16-19,25-26,33,35-38H,7-15,20-24,27H2,1-6H3/t33-,35+,36-,37+,38+/m1/s1. The molecule has 2 aromatic carbocycles. The monoisotopic (exact) mass is 662 g/mol. The molecule has 1 saturated heterocycles. The van der Waals surface area contributed by atoms with E-state index >= 15 is 0 Å². The minimum absolute atomic E-state index is 0.314. The van der Waals surface area contributed by atoms with Crippen LogP contribution in [0.1, 0.15) is 109 Å². The molecule has 0 amide bonds. The van der Waals surface area contributed by atoms with Crippen molar-refractivity contribution >= 4 is 11.6 Å². The molecule has 1 aliphatic heterocycles. The van der Waals surface area contributed by atoms with Crippen molar-refractivity contribution in [2.24, 2.45) is 0 Å². The van der Waals surface area contributed by atoms with Crippen LogP contribution in [0.2, 0.25) is 5.02 Å². The summed E-state index contributed by atoms with van der Waals surface area (Å²) in [5.74, 6) is 1.46. The molecule has 3 rings (SSSR count). The number of unbranched alkanes of at least 4 members (excludes halogenated alkanes) is 4. The van der Waals surface area contributed by atoms with Gasteiger partial charge in [-0.1, -0.05) is 83.2 Å². The average Bonchev–Trinajstić information content (AvgIpc) is 3.06. The summed E-state index contributed by atoms with van der Waals surface area (Å²) in [5.41, 5.74) is 3.02. The van der Waals surface area contributed by atoms with E-state index in [1.807, 2.05) is 25.1 Å². The van der Waals surface area contributed by atoms with E-state index < -0.39 is 6.10 Å². The third-order valence-electron chi connectivity index (χ3n) is 8.30. The maximum absolute atomic E-state index is 6.99. The zero-order valence-electron chi connectivity index (χ0n) is 29.2. The van der Waals surface area contributed by atoms with Gasteiger partial charge in [-0.2, -0.15) is 0 Å². The zero-order chi connectivity index (χ0) is 33.1. The molecule has 7 nitrogen and oxygen atoms in total. The van der Waals surface area contributed by atoms with Crippen LogP contribution < -0.4 is 9.47 Å². The fraction of sp³-hybridized carbons (Fsp3) is 0.684. The number of benzene rings is 2. The van der Waals surface area contributed by atoms with Crippen LogP contribution in [0.25, 0.3) is 0 Å². The quantitative estimate of drug-likeness (QED) is 0.110. The first-order valence-corrected chi connectivity index (χ1v) is 18.0. The summed E-state index contributed by atoms with van der Waals surface area (Å²) in [4.78, 5) is 0. The normalized spacial score (nSPS) is 21.4. The molecule has 0 radical (unpaired) electrons. The van der Waals surface area contributed by atoms with Crippen LogP contribution in [-0.4, -0.2) is 71.2 Å². The fourth-order valence-electron chi connectivity index (χ4n) is 5.64. The number of rotatable bonds is 23. The third kappa shape index (κ3) is 11.7. The summed E-state index contributed by atoms with van der Waals surface area (Å²) in [7, 11) is 1.65. The average molecular weight is 663 g/mol. The Kier molecular flexibility index (Phi) is 18.4. The lowest BCUT2D eigenvalue weighted by Gasteiger charge is -2.46. The van der Waals surface area contributed by atoms with E-state index in [-0.39, 0.29) is 24.4 Å². The molecule has 260 valence electrons. The van der Waals surface area contributed by atoms with Crippen molar-refractivity contribution in [1.82, 2.24) is 0 Å². The van der Waals surface area contributed by atoms with Gasteiger partial charge in [0.2, 0.25) is 0 Å². The summed E-state index contributed by atoms with van der Waals surface area (Å²) in [6.07, 6.45) is 6.93. The maximum Gasteiger partial charge on any atom is 0.138 e. The van der Waals surface area contributed by atoms with Gasteiger partial charge in [0.05, 0.1) is 25.3 Å². The van der Waals surface area contributed by atoms with Crippen molar-refractivity contribution in [2.75, 3.05) is 46.8 Å². The highest BCUT2D eigenvalue weighted by Gasteiger charge is 2.49. The van der Waals surface area contributed by atoms with Gasteiger partial charge in [-0.25, -0.2) is 0 Å². The Morgan fingerprint density at radius 2 is 1.30 bits per heavy atom. The molecule has 0 aliphatic carbocycles. The SMILES string of the molecule is CCCCOC[C@H]1O[C@@H](c2cc(Cc3ccc(OCC)cc3)c(Cl)c(OC)c2)[C@H](OCCCC)[C@@H](OCCCC)[C@@H]1OCCCC. The van der Waals surface area contributed by atoms with Crippen molar-refractivity contribution in [1.29, 1.82) is 0 Å².